The smallest absolute Gasteiger partial charge is 0.203 e. The molecule has 0 heterocycles. The molecule has 3 nitrogen and oxygen atoms in total. The van der Waals surface area contributed by atoms with E-state index >= 15 is 0 Å². The van der Waals surface area contributed by atoms with Crippen molar-refractivity contribution < 1.29 is 34.8 Å². The van der Waals surface area contributed by atoms with Crippen molar-refractivity contribution in [3.63, 3.8) is 0 Å². The van der Waals surface area contributed by atoms with Gasteiger partial charge in [-0.2, -0.15) is 26.3 Å². The van der Waals surface area contributed by atoms with Crippen molar-refractivity contribution in [3.8, 4) is 0 Å². The van der Waals surface area contributed by atoms with Crippen LogP contribution in [0.1, 0.15) is 0 Å². The zero-order valence-corrected chi connectivity index (χ0v) is 9.26. The van der Waals surface area contributed by atoms with Crippen molar-refractivity contribution in [1.82, 2.24) is 3.97 Å². The summed E-state index contributed by atoms with van der Waals surface area (Å²) in [7, 11) is -9.21. The first-order chi connectivity index (χ1) is 6.32. The van der Waals surface area contributed by atoms with E-state index in [1.807, 2.05) is 0 Å². The molecule has 0 aromatic rings. The van der Waals surface area contributed by atoms with E-state index in [0.29, 0.717) is 0 Å². The normalized spacial score (nSPS) is 15.1. The molecule has 0 bridgehead atoms. The van der Waals surface area contributed by atoms with Crippen molar-refractivity contribution in [2.24, 2.45) is 0 Å². The van der Waals surface area contributed by atoms with Gasteiger partial charge in [-0.3, -0.25) is 0 Å². The second-order valence-corrected chi connectivity index (χ2v) is 7.07. The molecule has 0 aromatic carbocycles. The molecule has 0 fully saturated rings. The molecule has 0 N–H and O–H groups in total. The molecule has 1 radical (unpaired) electrons. The average molecular weight is 274 g/mol. The highest BCUT2D eigenvalue weighted by molar-refractivity contribution is 7.91. The monoisotopic (exact) mass is 274 g/mol. The molecule has 0 aliphatic carbocycles. The van der Waals surface area contributed by atoms with Gasteiger partial charge in [-0.05, 0) is 0 Å². The number of rotatable bonds is 2. The molecule has 15 heavy (non-hydrogen) atoms. The number of sulfonamides is 1. The third kappa shape index (κ3) is 3.08. The van der Waals surface area contributed by atoms with Gasteiger partial charge in [0, 0.05) is 0 Å². The maximum atomic E-state index is 12.1. The Labute approximate surface area is 83.4 Å². The molecular weight excluding hydrogens is 268 g/mol. The van der Waals surface area contributed by atoms with Crippen LogP contribution in [0.25, 0.3) is 0 Å². The Balaban J connectivity index is 5.51. The second kappa shape index (κ2) is 3.94. The lowest BCUT2D eigenvalue weighted by atomic mass is 11.2. The van der Waals surface area contributed by atoms with E-state index in [1.54, 1.807) is 0 Å². The summed E-state index contributed by atoms with van der Waals surface area (Å²) in [6.45, 7) is 1.59. The van der Waals surface area contributed by atoms with Crippen molar-refractivity contribution in [1.29, 1.82) is 0 Å². The molecule has 0 aliphatic rings. The summed E-state index contributed by atoms with van der Waals surface area (Å²) in [4.78, 5) is 0. The number of hydrogen-bond donors (Lipinski definition) is 0. The lowest BCUT2D eigenvalue weighted by Crippen LogP contribution is -2.53. The maximum absolute atomic E-state index is 12.1. The Hall–Kier alpha value is -0.293. The van der Waals surface area contributed by atoms with Gasteiger partial charge in [0.1, 0.15) is 0 Å². The Morgan fingerprint density at radius 3 is 1.40 bits per heavy atom. The van der Waals surface area contributed by atoms with Gasteiger partial charge in [-0.1, -0.05) is 13.1 Å². The van der Waals surface area contributed by atoms with Crippen LogP contribution in [-0.2, 0) is 10.0 Å². The highest BCUT2D eigenvalue weighted by atomic mass is 32.2. The van der Waals surface area contributed by atoms with Gasteiger partial charge in [-0.25, -0.2) is 8.42 Å². The third-order valence-corrected chi connectivity index (χ3v) is 5.32. The third-order valence-electron chi connectivity index (χ3n) is 1.17. The standard InChI is InChI=1S/C4H6F6NO2SSi/c1-15(2)11(3(5,6)7)14(12,13)4(8,9)10/h1-2H3. The van der Waals surface area contributed by atoms with Crippen molar-refractivity contribution in [3.05, 3.63) is 0 Å². The van der Waals surface area contributed by atoms with Gasteiger partial charge in [0.2, 0.25) is 0 Å². The number of halogens is 6. The minimum atomic E-state index is -6.34. The van der Waals surface area contributed by atoms with Crippen molar-refractivity contribution in [2.45, 2.75) is 24.9 Å². The molecule has 0 rings (SSSR count). The van der Waals surface area contributed by atoms with Crippen LogP contribution < -0.4 is 0 Å². The summed E-state index contributed by atoms with van der Waals surface area (Å²) in [5.41, 5.74) is -5.94. The Morgan fingerprint density at radius 2 is 1.33 bits per heavy atom. The second-order valence-electron chi connectivity index (χ2n) is 2.63. The van der Waals surface area contributed by atoms with Crippen LogP contribution in [0.15, 0.2) is 0 Å². The van der Waals surface area contributed by atoms with E-state index in [1.165, 1.54) is 0 Å². The van der Waals surface area contributed by atoms with Crippen LogP contribution in [0.4, 0.5) is 26.3 Å². The molecule has 0 aromatic heterocycles. The fourth-order valence-electron chi connectivity index (χ4n) is 0.734. The fourth-order valence-corrected chi connectivity index (χ4v) is 3.95. The highest BCUT2D eigenvalue weighted by Crippen LogP contribution is 2.34. The quantitative estimate of drug-likeness (QED) is 0.438. The molecular formula is C4H6F6NO2SSi. The molecule has 0 unspecified atom stereocenters. The molecule has 0 saturated carbocycles. The number of nitrogens with zero attached hydrogens (tertiary/aromatic N) is 1. The van der Waals surface area contributed by atoms with Crippen LogP contribution in [0.2, 0.25) is 13.1 Å². The van der Waals surface area contributed by atoms with Crippen LogP contribution >= 0.6 is 0 Å². The summed E-state index contributed by atoms with van der Waals surface area (Å²) in [5.74, 6) is 0. The van der Waals surface area contributed by atoms with Gasteiger partial charge >= 0.3 is 21.8 Å². The summed E-state index contributed by atoms with van der Waals surface area (Å²) < 4.78 is 91.5. The topological polar surface area (TPSA) is 37.4 Å². The van der Waals surface area contributed by atoms with Crippen molar-refractivity contribution in [2.75, 3.05) is 0 Å². The van der Waals surface area contributed by atoms with E-state index in [0.717, 1.165) is 13.1 Å². The zero-order chi connectivity index (χ0) is 12.7. The largest absolute Gasteiger partial charge is 0.511 e. The van der Waals surface area contributed by atoms with Crippen LogP contribution in [0, 0.1) is 0 Å². The minimum absolute atomic E-state index is 0.793. The first kappa shape index (κ1) is 14.7. The lowest BCUT2D eigenvalue weighted by molar-refractivity contribution is -0.189. The minimum Gasteiger partial charge on any atom is -0.203 e. The van der Waals surface area contributed by atoms with E-state index < -0.39 is 34.8 Å². The molecule has 0 aliphatic heterocycles. The summed E-state index contributed by atoms with van der Waals surface area (Å²) in [6, 6.07) is 0. The first-order valence-electron chi connectivity index (χ1n) is 3.30. The van der Waals surface area contributed by atoms with Crippen molar-refractivity contribution >= 4 is 19.0 Å². The zero-order valence-electron chi connectivity index (χ0n) is 7.44. The molecule has 0 amide bonds. The first-order valence-corrected chi connectivity index (χ1v) is 7.19. The Morgan fingerprint density at radius 1 is 1.00 bits per heavy atom. The average Bonchev–Trinajstić information content (AvgIpc) is 1.76. The van der Waals surface area contributed by atoms with E-state index in [2.05, 4.69) is 0 Å². The predicted octanol–water partition coefficient (Wildman–Crippen LogP) is 1.91. The van der Waals surface area contributed by atoms with E-state index in [9.17, 15) is 34.8 Å². The van der Waals surface area contributed by atoms with Gasteiger partial charge in [0.05, 0.1) is 0 Å². The SMILES string of the molecule is C[Si](C)N(C(F)(F)F)S(=O)(=O)C(F)(F)F. The molecule has 11 heteroatoms. The summed E-state index contributed by atoms with van der Waals surface area (Å²) in [5, 5.41) is 0. The Kier molecular flexibility index (Phi) is 3.86. The van der Waals surface area contributed by atoms with Gasteiger partial charge in [0.25, 0.3) is 0 Å². The van der Waals surface area contributed by atoms with Gasteiger partial charge in [0.15, 0.2) is 8.96 Å². The maximum Gasteiger partial charge on any atom is 0.511 e. The number of hydrogen-bond acceptors (Lipinski definition) is 2. The van der Waals surface area contributed by atoms with E-state index in [-0.39, 0.29) is 0 Å². The van der Waals surface area contributed by atoms with Gasteiger partial charge < -0.3 is 0 Å². The predicted molar refractivity (Wildman–Crippen MR) is 40.4 cm³/mol. The van der Waals surface area contributed by atoms with Gasteiger partial charge in [-0.15, -0.1) is 3.97 Å². The van der Waals surface area contributed by atoms with Crippen LogP contribution in [0.5, 0.6) is 0 Å². The number of alkyl halides is 6. The summed E-state index contributed by atoms with van der Waals surface area (Å²) in [6.07, 6.45) is -5.55. The molecule has 91 valence electrons. The fraction of sp³-hybridized carbons (Fsp3) is 1.00. The van der Waals surface area contributed by atoms with E-state index in [4.69, 9.17) is 0 Å². The molecule has 0 atom stereocenters. The molecule has 0 spiro atoms. The molecule has 0 saturated heterocycles. The van der Waals surface area contributed by atoms with Crippen LogP contribution in [0.3, 0.4) is 0 Å². The van der Waals surface area contributed by atoms with Crippen LogP contribution in [-0.4, -0.2) is 33.2 Å². The summed E-state index contributed by atoms with van der Waals surface area (Å²) >= 11 is 0. The highest BCUT2D eigenvalue weighted by Gasteiger charge is 2.59. The Bertz CT molecular complexity index is 319. The lowest BCUT2D eigenvalue weighted by Gasteiger charge is -2.27.